The number of para-hydroxylation sites is 2. The zero-order chi connectivity index (χ0) is 26.0. The number of thiophene rings is 1. The number of halogens is 1. The highest BCUT2D eigenvalue weighted by Crippen LogP contribution is 2.58. The fourth-order valence-corrected chi connectivity index (χ4v) is 7.44. The molecule has 4 heterocycles. The molecule has 7 heteroatoms. The molecule has 5 nitrogen and oxygen atoms in total. The largest absolute Gasteiger partial charge is 0.352 e. The van der Waals surface area contributed by atoms with Crippen LogP contribution in [0.3, 0.4) is 0 Å². The van der Waals surface area contributed by atoms with E-state index in [1.165, 1.54) is 11.3 Å². The predicted octanol–water partition coefficient (Wildman–Crippen LogP) is 6.26. The number of Topliss-reactive ketones (excluding diaryl/α,β-unsaturated/α-hetero) is 2. The second-order valence-corrected chi connectivity index (χ2v) is 11.1. The van der Waals surface area contributed by atoms with Crippen LogP contribution in [0.15, 0.2) is 96.4 Å². The van der Waals surface area contributed by atoms with Crippen molar-refractivity contribution in [3.8, 4) is 0 Å². The van der Waals surface area contributed by atoms with Crippen LogP contribution in [0, 0.1) is 5.92 Å². The smallest absolute Gasteiger partial charge is 0.238 e. The van der Waals surface area contributed by atoms with Crippen molar-refractivity contribution in [3.63, 3.8) is 0 Å². The number of anilines is 2. The Morgan fingerprint density at radius 2 is 1.66 bits per heavy atom. The number of hydrogen-bond donors (Lipinski definition) is 1. The molecule has 4 atom stereocenters. The third-order valence-electron chi connectivity index (χ3n) is 8.00. The first-order chi connectivity index (χ1) is 18.5. The first-order valence-corrected chi connectivity index (χ1v) is 13.6. The Labute approximate surface area is 228 Å². The molecule has 3 aliphatic heterocycles. The summed E-state index contributed by atoms with van der Waals surface area (Å²) in [5, 5.41) is 5.18. The molecule has 0 aliphatic carbocycles. The highest BCUT2D eigenvalue weighted by Gasteiger charge is 2.70. The lowest BCUT2D eigenvalue weighted by atomic mass is 9.64. The van der Waals surface area contributed by atoms with Gasteiger partial charge in [-0.1, -0.05) is 78.4 Å². The highest BCUT2D eigenvalue weighted by molar-refractivity contribution is 7.12. The van der Waals surface area contributed by atoms with Gasteiger partial charge in [0.25, 0.3) is 0 Å². The van der Waals surface area contributed by atoms with Crippen LogP contribution in [0.5, 0.6) is 0 Å². The van der Waals surface area contributed by atoms with Crippen molar-refractivity contribution >= 4 is 57.9 Å². The summed E-state index contributed by atoms with van der Waals surface area (Å²) in [6.45, 7) is 0. The summed E-state index contributed by atoms with van der Waals surface area (Å²) in [6.07, 6.45) is 3.96. The van der Waals surface area contributed by atoms with Crippen LogP contribution in [0.4, 0.5) is 11.4 Å². The molecule has 1 N–H and O–H groups in total. The van der Waals surface area contributed by atoms with Gasteiger partial charge < -0.3 is 10.2 Å². The first-order valence-electron chi connectivity index (χ1n) is 12.4. The summed E-state index contributed by atoms with van der Waals surface area (Å²) >= 11 is 7.89. The van der Waals surface area contributed by atoms with Gasteiger partial charge in [0.05, 0.1) is 21.9 Å². The average Bonchev–Trinajstić information content (AvgIpc) is 3.65. The van der Waals surface area contributed by atoms with Crippen LogP contribution in [-0.2, 0) is 10.2 Å². The van der Waals surface area contributed by atoms with E-state index in [0.29, 0.717) is 21.2 Å². The summed E-state index contributed by atoms with van der Waals surface area (Å²) in [4.78, 5) is 45.8. The Morgan fingerprint density at radius 1 is 0.895 bits per heavy atom. The minimum Gasteiger partial charge on any atom is -0.352 e. The molecule has 1 aromatic heterocycles. The molecule has 0 saturated carbocycles. The van der Waals surface area contributed by atoms with E-state index in [9.17, 15) is 14.4 Å². The zero-order valence-corrected chi connectivity index (χ0v) is 21.6. The van der Waals surface area contributed by atoms with Crippen molar-refractivity contribution in [2.24, 2.45) is 5.92 Å². The van der Waals surface area contributed by atoms with Crippen LogP contribution in [-0.4, -0.2) is 29.6 Å². The van der Waals surface area contributed by atoms with E-state index in [0.717, 1.165) is 16.8 Å². The second-order valence-electron chi connectivity index (χ2n) is 9.75. The summed E-state index contributed by atoms with van der Waals surface area (Å²) < 4.78 is 0. The number of hydrogen-bond acceptors (Lipinski definition) is 5. The number of benzene rings is 3. The van der Waals surface area contributed by atoms with E-state index < -0.39 is 23.4 Å². The van der Waals surface area contributed by atoms with Crippen molar-refractivity contribution in [3.05, 3.63) is 123 Å². The fourth-order valence-electron chi connectivity index (χ4n) is 6.51. The first kappa shape index (κ1) is 23.1. The van der Waals surface area contributed by atoms with E-state index in [2.05, 4.69) is 5.32 Å². The summed E-state index contributed by atoms with van der Waals surface area (Å²) in [6, 6.07) is 24.2. The molecule has 1 fully saturated rings. The van der Waals surface area contributed by atoms with Gasteiger partial charge in [-0.25, -0.2) is 0 Å². The van der Waals surface area contributed by atoms with Crippen molar-refractivity contribution in [2.45, 2.75) is 17.5 Å². The molecule has 3 aromatic carbocycles. The standard InChI is InChI=1S/C31H21ClN2O3S/c32-21-11-4-2-9-19(21)28(35)26-27(29(36)24-14-7-17-38-24)34-23-13-6-1-8-18(23)15-16-25(34)31(26)20-10-3-5-12-22(20)33-30(31)37/h1-17,25-27H,(H,33,37). The SMILES string of the molecule is O=C(c1cccs1)C1C(C(=O)c2ccccc2Cl)C2(C(=O)Nc3ccccc32)C2C=Cc3ccccc3N12. The van der Waals surface area contributed by atoms with Gasteiger partial charge >= 0.3 is 0 Å². The Kier molecular flexibility index (Phi) is 5.18. The highest BCUT2D eigenvalue weighted by atomic mass is 35.5. The normalized spacial score (nSPS) is 24.6. The van der Waals surface area contributed by atoms with E-state index in [-0.39, 0.29) is 17.5 Å². The van der Waals surface area contributed by atoms with Crippen LogP contribution in [0.2, 0.25) is 5.02 Å². The Morgan fingerprint density at radius 3 is 2.47 bits per heavy atom. The van der Waals surface area contributed by atoms with Crippen LogP contribution >= 0.6 is 22.9 Å². The maximum absolute atomic E-state index is 14.7. The molecule has 1 spiro atoms. The third kappa shape index (κ3) is 3.01. The minimum atomic E-state index is -1.34. The molecule has 0 bridgehead atoms. The Bertz CT molecular complexity index is 1660. The van der Waals surface area contributed by atoms with Gasteiger partial charge in [0.1, 0.15) is 11.5 Å². The summed E-state index contributed by atoms with van der Waals surface area (Å²) in [7, 11) is 0. The summed E-state index contributed by atoms with van der Waals surface area (Å²) in [5.41, 5.74) is 2.09. The molecule has 186 valence electrons. The molecule has 4 aromatic rings. The number of carbonyl (C=O) groups excluding carboxylic acids is 3. The number of rotatable bonds is 4. The monoisotopic (exact) mass is 536 g/mol. The molecule has 7 rings (SSSR count). The fraction of sp³-hybridized carbons (Fsp3) is 0.129. The van der Waals surface area contributed by atoms with Gasteiger partial charge in [-0.3, -0.25) is 14.4 Å². The van der Waals surface area contributed by atoms with Crippen LogP contribution in [0.1, 0.15) is 31.2 Å². The molecular weight excluding hydrogens is 516 g/mol. The number of carbonyl (C=O) groups is 3. The maximum atomic E-state index is 14.7. The van der Waals surface area contributed by atoms with Crippen molar-refractivity contribution in [1.29, 1.82) is 0 Å². The number of amides is 1. The van der Waals surface area contributed by atoms with Crippen molar-refractivity contribution in [2.75, 3.05) is 10.2 Å². The minimum absolute atomic E-state index is 0.186. The van der Waals surface area contributed by atoms with Crippen molar-refractivity contribution in [1.82, 2.24) is 0 Å². The number of ketones is 2. The van der Waals surface area contributed by atoms with E-state index in [1.807, 2.05) is 77.0 Å². The Balaban J connectivity index is 1.56. The van der Waals surface area contributed by atoms with E-state index in [1.54, 1.807) is 30.3 Å². The lowest BCUT2D eigenvalue weighted by Gasteiger charge is -2.37. The molecule has 38 heavy (non-hydrogen) atoms. The van der Waals surface area contributed by atoms with E-state index in [4.69, 9.17) is 11.6 Å². The lowest BCUT2D eigenvalue weighted by molar-refractivity contribution is -0.121. The zero-order valence-electron chi connectivity index (χ0n) is 20.0. The average molecular weight is 537 g/mol. The van der Waals surface area contributed by atoms with Gasteiger partial charge in [-0.05, 0) is 46.8 Å². The number of nitrogens with zero attached hydrogens (tertiary/aromatic N) is 1. The molecule has 4 unspecified atom stereocenters. The van der Waals surface area contributed by atoms with Gasteiger partial charge in [0, 0.05) is 16.9 Å². The van der Waals surface area contributed by atoms with Crippen LogP contribution < -0.4 is 10.2 Å². The third-order valence-corrected chi connectivity index (χ3v) is 9.21. The van der Waals surface area contributed by atoms with Gasteiger partial charge in [0.2, 0.25) is 5.91 Å². The lowest BCUT2D eigenvalue weighted by Crippen LogP contribution is -2.51. The second kappa shape index (κ2) is 8.51. The predicted molar refractivity (Wildman–Crippen MR) is 150 cm³/mol. The number of fused-ring (bicyclic) bond motifs is 6. The van der Waals surface area contributed by atoms with Gasteiger partial charge in [-0.2, -0.15) is 0 Å². The summed E-state index contributed by atoms with van der Waals surface area (Å²) in [5.74, 6) is -1.82. The molecule has 0 radical (unpaired) electrons. The topological polar surface area (TPSA) is 66.5 Å². The van der Waals surface area contributed by atoms with E-state index >= 15 is 0 Å². The quantitative estimate of drug-likeness (QED) is 0.313. The molecule has 3 aliphatic rings. The van der Waals surface area contributed by atoms with Gasteiger partial charge in [0.15, 0.2) is 11.6 Å². The van der Waals surface area contributed by atoms with Gasteiger partial charge in [-0.15, -0.1) is 11.3 Å². The van der Waals surface area contributed by atoms with Crippen LogP contribution in [0.25, 0.3) is 6.08 Å². The molecule has 1 saturated heterocycles. The molecular formula is C31H21ClN2O3S. The van der Waals surface area contributed by atoms with Crippen molar-refractivity contribution < 1.29 is 14.4 Å². The molecule has 1 amide bonds. The maximum Gasteiger partial charge on any atom is 0.238 e. The Hall–Kier alpha value is -4.00. The number of nitrogens with one attached hydrogen (secondary N) is 1.